The monoisotopic (exact) mass is 356 g/mol. The molecule has 5 heteroatoms. The number of benzene rings is 1. The molecule has 0 spiro atoms. The van der Waals surface area contributed by atoms with Gasteiger partial charge in [-0.2, -0.15) is 5.26 Å². The Morgan fingerprint density at radius 1 is 1.15 bits per heavy atom. The maximum Gasteiger partial charge on any atom is 0.338 e. The molecule has 0 radical (unpaired) electrons. The van der Waals surface area contributed by atoms with Crippen molar-refractivity contribution in [3.63, 3.8) is 0 Å². The second-order valence-electron chi connectivity index (χ2n) is 8.12. The van der Waals surface area contributed by atoms with Crippen LogP contribution in [0.2, 0.25) is 0 Å². The van der Waals surface area contributed by atoms with Gasteiger partial charge in [-0.3, -0.25) is 4.79 Å². The van der Waals surface area contributed by atoms with Crippen molar-refractivity contribution in [2.75, 3.05) is 0 Å². The largest absolute Gasteiger partial charge is 0.449 e. The molecule has 0 saturated heterocycles. The van der Waals surface area contributed by atoms with Gasteiger partial charge in [-0.25, -0.2) is 4.79 Å². The van der Waals surface area contributed by atoms with Gasteiger partial charge >= 0.3 is 5.97 Å². The van der Waals surface area contributed by atoms with Crippen LogP contribution in [-0.4, -0.2) is 23.5 Å². The summed E-state index contributed by atoms with van der Waals surface area (Å²) >= 11 is 0. The SMILES string of the molecule is C[C@@H](OC(=O)c1ccc(C(C)(C)C)cc1)C(=O)NC1(C#N)CCCCC1. The van der Waals surface area contributed by atoms with Gasteiger partial charge in [0, 0.05) is 0 Å². The third kappa shape index (κ3) is 4.85. The Kier molecular flexibility index (Phi) is 6.07. The number of nitrogens with zero attached hydrogens (tertiary/aromatic N) is 1. The van der Waals surface area contributed by atoms with Gasteiger partial charge in [0.25, 0.3) is 5.91 Å². The topological polar surface area (TPSA) is 79.2 Å². The summed E-state index contributed by atoms with van der Waals surface area (Å²) in [5, 5.41) is 12.2. The molecule has 140 valence electrons. The van der Waals surface area contributed by atoms with Crippen molar-refractivity contribution < 1.29 is 14.3 Å². The minimum Gasteiger partial charge on any atom is -0.449 e. The van der Waals surface area contributed by atoms with Crippen LogP contribution < -0.4 is 5.32 Å². The fourth-order valence-corrected chi connectivity index (χ4v) is 3.15. The van der Waals surface area contributed by atoms with Crippen LogP contribution in [0.15, 0.2) is 24.3 Å². The number of nitriles is 1. The normalized spacial score (nSPS) is 17.7. The molecule has 0 unspecified atom stereocenters. The molecule has 1 atom stereocenters. The van der Waals surface area contributed by atoms with E-state index in [0.29, 0.717) is 18.4 Å². The third-order valence-electron chi connectivity index (χ3n) is 4.92. The predicted molar refractivity (Wildman–Crippen MR) is 99.6 cm³/mol. The first kappa shape index (κ1) is 20.0. The van der Waals surface area contributed by atoms with Crippen LogP contribution in [0.1, 0.15) is 75.7 Å². The van der Waals surface area contributed by atoms with Gasteiger partial charge in [-0.05, 0) is 42.9 Å². The molecule has 1 aromatic carbocycles. The number of hydrogen-bond donors (Lipinski definition) is 1. The number of esters is 1. The van der Waals surface area contributed by atoms with Crippen LogP contribution in [0.3, 0.4) is 0 Å². The minimum absolute atomic E-state index is 0.00121. The summed E-state index contributed by atoms with van der Waals surface area (Å²) in [5.74, 6) is -0.962. The van der Waals surface area contributed by atoms with Crippen LogP contribution in [0.4, 0.5) is 0 Å². The van der Waals surface area contributed by atoms with E-state index in [2.05, 4.69) is 32.2 Å². The van der Waals surface area contributed by atoms with E-state index >= 15 is 0 Å². The fourth-order valence-electron chi connectivity index (χ4n) is 3.15. The van der Waals surface area contributed by atoms with Gasteiger partial charge < -0.3 is 10.1 Å². The third-order valence-corrected chi connectivity index (χ3v) is 4.92. The molecule has 1 saturated carbocycles. The molecule has 2 rings (SSSR count). The van der Waals surface area contributed by atoms with Gasteiger partial charge in [0.15, 0.2) is 6.10 Å². The van der Waals surface area contributed by atoms with Crippen molar-refractivity contribution in [1.82, 2.24) is 5.32 Å². The molecular weight excluding hydrogens is 328 g/mol. The van der Waals surface area contributed by atoms with Gasteiger partial charge in [0.1, 0.15) is 5.54 Å². The molecule has 1 N–H and O–H groups in total. The average molecular weight is 356 g/mol. The highest BCUT2D eigenvalue weighted by Crippen LogP contribution is 2.28. The second-order valence-corrected chi connectivity index (χ2v) is 8.12. The highest BCUT2D eigenvalue weighted by Gasteiger charge is 2.35. The number of amides is 1. The summed E-state index contributed by atoms with van der Waals surface area (Å²) in [4.78, 5) is 24.7. The number of rotatable bonds is 4. The Morgan fingerprint density at radius 2 is 1.73 bits per heavy atom. The zero-order valence-electron chi connectivity index (χ0n) is 16.1. The number of ether oxygens (including phenoxy) is 1. The molecule has 1 aromatic rings. The Balaban J connectivity index is 1.97. The van der Waals surface area contributed by atoms with E-state index in [1.165, 1.54) is 6.92 Å². The molecule has 0 bridgehead atoms. The van der Waals surface area contributed by atoms with Crippen molar-refractivity contribution in [3.05, 3.63) is 35.4 Å². The van der Waals surface area contributed by atoms with E-state index < -0.39 is 23.5 Å². The molecule has 0 aliphatic heterocycles. The summed E-state index contributed by atoms with van der Waals surface area (Å²) in [6, 6.07) is 9.46. The number of carbonyl (C=O) groups excluding carboxylic acids is 2. The number of carbonyl (C=O) groups is 2. The molecule has 1 amide bonds. The van der Waals surface area contributed by atoms with Crippen LogP contribution in [0.25, 0.3) is 0 Å². The van der Waals surface area contributed by atoms with Crippen LogP contribution in [0.5, 0.6) is 0 Å². The molecule has 1 aliphatic rings. The minimum atomic E-state index is -0.947. The summed E-state index contributed by atoms with van der Waals surface area (Å²) < 4.78 is 5.29. The first-order chi connectivity index (χ1) is 12.2. The van der Waals surface area contributed by atoms with Gasteiger partial charge in [0.05, 0.1) is 11.6 Å². The molecule has 1 aliphatic carbocycles. The smallest absolute Gasteiger partial charge is 0.338 e. The van der Waals surface area contributed by atoms with Crippen molar-refractivity contribution in [1.29, 1.82) is 5.26 Å². The first-order valence-corrected chi connectivity index (χ1v) is 9.22. The number of nitrogens with one attached hydrogen (secondary N) is 1. The van der Waals surface area contributed by atoms with E-state index in [0.717, 1.165) is 24.8 Å². The van der Waals surface area contributed by atoms with E-state index in [1.807, 2.05) is 12.1 Å². The lowest BCUT2D eigenvalue weighted by Crippen LogP contribution is -2.52. The lowest BCUT2D eigenvalue weighted by molar-refractivity contribution is -0.130. The zero-order chi connectivity index (χ0) is 19.4. The second kappa shape index (κ2) is 7.90. The van der Waals surface area contributed by atoms with Crippen molar-refractivity contribution >= 4 is 11.9 Å². The predicted octanol–water partition coefficient (Wildman–Crippen LogP) is 3.87. The van der Waals surface area contributed by atoms with E-state index in [9.17, 15) is 14.9 Å². The molecule has 0 aromatic heterocycles. The maximum absolute atomic E-state index is 12.4. The maximum atomic E-state index is 12.4. The highest BCUT2D eigenvalue weighted by atomic mass is 16.5. The average Bonchev–Trinajstić information content (AvgIpc) is 2.61. The molecule has 0 heterocycles. The summed E-state index contributed by atoms with van der Waals surface area (Å²) in [6.45, 7) is 7.83. The van der Waals surface area contributed by atoms with E-state index in [4.69, 9.17) is 4.74 Å². The molecule has 26 heavy (non-hydrogen) atoms. The van der Waals surface area contributed by atoms with Gasteiger partial charge in [-0.1, -0.05) is 52.2 Å². The van der Waals surface area contributed by atoms with Crippen molar-refractivity contribution in [3.8, 4) is 6.07 Å². The lowest BCUT2D eigenvalue weighted by atomic mass is 9.83. The standard InChI is InChI=1S/C21H28N2O3/c1-15(18(24)23-21(14-22)12-6-5-7-13-21)26-19(25)16-8-10-17(11-9-16)20(2,3)4/h8-11,15H,5-7,12-13H2,1-4H3,(H,23,24)/t15-/m1/s1. The van der Waals surface area contributed by atoms with Gasteiger partial charge in [-0.15, -0.1) is 0 Å². The van der Waals surface area contributed by atoms with E-state index in [-0.39, 0.29) is 5.41 Å². The Labute approximate surface area is 155 Å². The number of hydrogen-bond acceptors (Lipinski definition) is 4. The highest BCUT2D eigenvalue weighted by molar-refractivity contribution is 5.92. The summed E-state index contributed by atoms with van der Waals surface area (Å²) in [6.07, 6.45) is 3.25. The van der Waals surface area contributed by atoms with E-state index in [1.54, 1.807) is 12.1 Å². The van der Waals surface area contributed by atoms with Gasteiger partial charge in [0.2, 0.25) is 0 Å². The Hall–Kier alpha value is -2.35. The van der Waals surface area contributed by atoms with Crippen LogP contribution in [0, 0.1) is 11.3 Å². The fraction of sp³-hybridized carbons (Fsp3) is 0.571. The summed E-state index contributed by atoms with van der Waals surface area (Å²) in [7, 11) is 0. The quantitative estimate of drug-likeness (QED) is 0.831. The lowest BCUT2D eigenvalue weighted by Gasteiger charge is -2.32. The zero-order valence-corrected chi connectivity index (χ0v) is 16.1. The van der Waals surface area contributed by atoms with Crippen molar-refractivity contribution in [2.24, 2.45) is 0 Å². The molecule has 5 nitrogen and oxygen atoms in total. The van der Waals surface area contributed by atoms with Crippen LogP contribution >= 0.6 is 0 Å². The van der Waals surface area contributed by atoms with Crippen molar-refractivity contribution in [2.45, 2.75) is 76.9 Å². The molecular formula is C21H28N2O3. The Bertz CT molecular complexity index is 689. The summed E-state index contributed by atoms with van der Waals surface area (Å²) in [5.41, 5.74) is 0.699. The molecule has 1 fully saturated rings. The van der Waals surface area contributed by atoms with Crippen LogP contribution in [-0.2, 0) is 14.9 Å². The Morgan fingerprint density at radius 3 is 2.23 bits per heavy atom. The first-order valence-electron chi connectivity index (χ1n) is 9.22.